The number of nitrogens with one attached hydrogen (secondary N) is 1. The van der Waals surface area contributed by atoms with Crippen LogP contribution in [0.2, 0.25) is 0 Å². The Bertz CT molecular complexity index is 389. The van der Waals surface area contributed by atoms with Gasteiger partial charge in [-0.1, -0.05) is 45.4 Å². The van der Waals surface area contributed by atoms with E-state index in [0.29, 0.717) is 11.5 Å². The van der Waals surface area contributed by atoms with Crippen LogP contribution >= 0.6 is 0 Å². The van der Waals surface area contributed by atoms with Gasteiger partial charge in [0.25, 0.3) is 0 Å². The molecule has 1 atom stereocenters. The molecule has 0 aliphatic rings. The molecule has 0 radical (unpaired) electrons. The predicted octanol–water partition coefficient (Wildman–Crippen LogP) is 4.57. The summed E-state index contributed by atoms with van der Waals surface area (Å²) >= 11 is 0. The Hall–Kier alpha value is -0.820. The molecule has 108 valence electrons. The Morgan fingerprint density at radius 1 is 1.05 bits per heavy atom. The SMILES string of the molecule is CCCNC(Cc1c(C)cc(C)cc1C)C(C)(C)C. The maximum atomic E-state index is 3.73. The van der Waals surface area contributed by atoms with E-state index in [4.69, 9.17) is 0 Å². The lowest BCUT2D eigenvalue weighted by Crippen LogP contribution is -2.42. The van der Waals surface area contributed by atoms with E-state index in [0.717, 1.165) is 13.0 Å². The van der Waals surface area contributed by atoms with Crippen LogP contribution in [0.4, 0.5) is 0 Å². The summed E-state index contributed by atoms with van der Waals surface area (Å²) in [5.41, 5.74) is 6.05. The number of rotatable bonds is 5. The molecule has 1 N–H and O–H groups in total. The van der Waals surface area contributed by atoms with Gasteiger partial charge in [-0.2, -0.15) is 0 Å². The van der Waals surface area contributed by atoms with Gasteiger partial charge in [-0.15, -0.1) is 0 Å². The van der Waals surface area contributed by atoms with Crippen molar-refractivity contribution in [2.45, 2.75) is 67.3 Å². The number of hydrogen-bond donors (Lipinski definition) is 1. The van der Waals surface area contributed by atoms with Crippen LogP contribution in [0.15, 0.2) is 12.1 Å². The van der Waals surface area contributed by atoms with E-state index in [-0.39, 0.29) is 0 Å². The molecule has 0 fully saturated rings. The van der Waals surface area contributed by atoms with E-state index in [2.05, 4.69) is 65.9 Å². The summed E-state index contributed by atoms with van der Waals surface area (Å²) in [5, 5.41) is 3.73. The molecule has 0 amide bonds. The highest BCUT2D eigenvalue weighted by molar-refractivity contribution is 5.38. The summed E-state index contributed by atoms with van der Waals surface area (Å²) in [6.45, 7) is 17.0. The molecule has 0 heterocycles. The third-order valence-electron chi connectivity index (χ3n) is 3.93. The lowest BCUT2D eigenvalue weighted by molar-refractivity contribution is 0.266. The van der Waals surface area contributed by atoms with Gasteiger partial charge in [0.05, 0.1) is 0 Å². The van der Waals surface area contributed by atoms with Gasteiger partial charge in [0.2, 0.25) is 0 Å². The van der Waals surface area contributed by atoms with Crippen LogP contribution in [-0.2, 0) is 6.42 Å². The highest BCUT2D eigenvalue weighted by atomic mass is 14.9. The smallest absolute Gasteiger partial charge is 0.0156 e. The first-order valence-electron chi connectivity index (χ1n) is 7.55. The molecule has 1 rings (SSSR count). The van der Waals surface area contributed by atoms with Gasteiger partial charge in [-0.25, -0.2) is 0 Å². The Kier molecular flexibility index (Phi) is 5.61. The second-order valence-electron chi connectivity index (χ2n) is 6.95. The van der Waals surface area contributed by atoms with Crippen LogP contribution in [0.3, 0.4) is 0 Å². The highest BCUT2D eigenvalue weighted by Crippen LogP contribution is 2.26. The van der Waals surface area contributed by atoms with Crippen LogP contribution in [0.25, 0.3) is 0 Å². The first kappa shape index (κ1) is 16.2. The van der Waals surface area contributed by atoms with Gasteiger partial charge in [-0.3, -0.25) is 0 Å². The average molecular weight is 261 g/mol. The fourth-order valence-corrected chi connectivity index (χ4v) is 2.74. The Balaban J connectivity index is 2.96. The minimum absolute atomic E-state index is 0.291. The molecule has 0 spiro atoms. The maximum absolute atomic E-state index is 3.73. The fraction of sp³-hybridized carbons (Fsp3) is 0.667. The molecule has 0 aromatic heterocycles. The third kappa shape index (κ3) is 4.65. The molecule has 1 aromatic carbocycles. The van der Waals surface area contributed by atoms with Crippen molar-refractivity contribution in [3.05, 3.63) is 34.4 Å². The zero-order valence-electron chi connectivity index (χ0n) is 13.9. The second-order valence-corrected chi connectivity index (χ2v) is 6.95. The first-order chi connectivity index (χ1) is 8.75. The van der Waals surface area contributed by atoms with Crippen molar-refractivity contribution in [2.75, 3.05) is 6.54 Å². The highest BCUT2D eigenvalue weighted by Gasteiger charge is 2.25. The third-order valence-corrected chi connectivity index (χ3v) is 3.93. The predicted molar refractivity (Wildman–Crippen MR) is 85.9 cm³/mol. The largest absolute Gasteiger partial charge is 0.313 e. The van der Waals surface area contributed by atoms with Crippen LogP contribution < -0.4 is 5.32 Å². The minimum atomic E-state index is 0.291. The van der Waals surface area contributed by atoms with E-state index in [9.17, 15) is 0 Å². The van der Waals surface area contributed by atoms with Gasteiger partial charge in [0.1, 0.15) is 0 Å². The van der Waals surface area contributed by atoms with E-state index < -0.39 is 0 Å². The fourth-order valence-electron chi connectivity index (χ4n) is 2.74. The normalized spacial score (nSPS) is 13.6. The summed E-state index contributed by atoms with van der Waals surface area (Å²) in [4.78, 5) is 0. The van der Waals surface area contributed by atoms with Crippen LogP contribution in [0, 0.1) is 26.2 Å². The zero-order chi connectivity index (χ0) is 14.6. The van der Waals surface area contributed by atoms with Gasteiger partial charge in [0, 0.05) is 6.04 Å². The monoisotopic (exact) mass is 261 g/mol. The maximum Gasteiger partial charge on any atom is 0.0156 e. The molecule has 1 unspecified atom stereocenters. The van der Waals surface area contributed by atoms with Crippen LogP contribution in [0.1, 0.15) is 56.4 Å². The van der Waals surface area contributed by atoms with E-state index in [1.165, 1.54) is 28.7 Å². The van der Waals surface area contributed by atoms with Crippen molar-refractivity contribution in [2.24, 2.45) is 5.41 Å². The minimum Gasteiger partial charge on any atom is -0.313 e. The molecule has 0 aliphatic heterocycles. The summed E-state index contributed by atoms with van der Waals surface area (Å²) in [6.07, 6.45) is 2.32. The molecular formula is C18H31N. The van der Waals surface area contributed by atoms with Crippen molar-refractivity contribution < 1.29 is 0 Å². The second kappa shape index (κ2) is 6.56. The van der Waals surface area contributed by atoms with Gasteiger partial charge >= 0.3 is 0 Å². The van der Waals surface area contributed by atoms with Crippen molar-refractivity contribution >= 4 is 0 Å². The van der Waals surface area contributed by atoms with Gasteiger partial charge in [0.15, 0.2) is 0 Å². The standard InChI is InChI=1S/C18H31N/c1-8-9-19-17(18(5,6)7)12-16-14(3)10-13(2)11-15(16)4/h10-11,17,19H,8-9,12H2,1-7H3. The molecule has 1 aromatic rings. The Labute approximate surface area is 119 Å². The molecule has 1 nitrogen and oxygen atoms in total. The molecule has 0 aliphatic carbocycles. The lowest BCUT2D eigenvalue weighted by Gasteiger charge is -2.33. The molecule has 0 saturated carbocycles. The van der Waals surface area contributed by atoms with E-state index in [1.54, 1.807) is 0 Å². The topological polar surface area (TPSA) is 12.0 Å². The molecule has 0 bridgehead atoms. The zero-order valence-corrected chi connectivity index (χ0v) is 13.9. The van der Waals surface area contributed by atoms with E-state index in [1.807, 2.05) is 0 Å². The molecular weight excluding hydrogens is 230 g/mol. The van der Waals surface area contributed by atoms with Crippen molar-refractivity contribution in [1.82, 2.24) is 5.32 Å². The Morgan fingerprint density at radius 3 is 2.00 bits per heavy atom. The Morgan fingerprint density at radius 2 is 1.58 bits per heavy atom. The van der Waals surface area contributed by atoms with Gasteiger partial charge < -0.3 is 5.32 Å². The van der Waals surface area contributed by atoms with Crippen LogP contribution in [-0.4, -0.2) is 12.6 Å². The lowest BCUT2D eigenvalue weighted by atomic mass is 9.81. The quantitative estimate of drug-likeness (QED) is 0.819. The van der Waals surface area contributed by atoms with E-state index >= 15 is 0 Å². The van der Waals surface area contributed by atoms with Crippen molar-refractivity contribution in [3.8, 4) is 0 Å². The molecule has 19 heavy (non-hydrogen) atoms. The summed E-state index contributed by atoms with van der Waals surface area (Å²) in [5.74, 6) is 0. The average Bonchev–Trinajstić information content (AvgIpc) is 2.25. The van der Waals surface area contributed by atoms with Crippen molar-refractivity contribution in [3.63, 3.8) is 0 Å². The van der Waals surface area contributed by atoms with Gasteiger partial charge in [-0.05, 0) is 62.3 Å². The summed E-state index contributed by atoms with van der Waals surface area (Å²) < 4.78 is 0. The van der Waals surface area contributed by atoms with Crippen molar-refractivity contribution in [1.29, 1.82) is 0 Å². The number of aryl methyl sites for hydroxylation is 3. The summed E-state index contributed by atoms with van der Waals surface area (Å²) in [7, 11) is 0. The molecule has 1 heteroatoms. The summed E-state index contributed by atoms with van der Waals surface area (Å²) in [6, 6.07) is 5.15. The molecule has 0 saturated heterocycles. The number of hydrogen-bond acceptors (Lipinski definition) is 1. The first-order valence-corrected chi connectivity index (χ1v) is 7.55. The van der Waals surface area contributed by atoms with Crippen LogP contribution in [0.5, 0.6) is 0 Å². The number of benzene rings is 1.